The van der Waals surface area contributed by atoms with Crippen LogP contribution in [0.2, 0.25) is 0 Å². The number of nitrogens with one attached hydrogen (secondary N) is 3. The number of aromatic amines is 1. The predicted octanol–water partition coefficient (Wildman–Crippen LogP) is 5.44. The summed E-state index contributed by atoms with van der Waals surface area (Å²) in [5.74, 6) is 1.06. The molecule has 3 atom stereocenters. The Morgan fingerprint density at radius 1 is 0.930 bits per heavy atom. The molecule has 57 heavy (non-hydrogen) atoms. The molecule has 3 saturated heterocycles. The van der Waals surface area contributed by atoms with Crippen LogP contribution in [0.4, 0.5) is 4.79 Å². The highest BCUT2D eigenvalue weighted by molar-refractivity contribution is 5.87. The second-order valence-electron chi connectivity index (χ2n) is 15.1. The van der Waals surface area contributed by atoms with Crippen molar-refractivity contribution in [1.29, 1.82) is 0 Å². The standard InChI is InChI=1S/C45H51N5O7/c1-49(22-6-21-46-27-39(52)36-15-17-38(51)44-37(36)16-18-41(53)47-44)42(54)25-30-11-13-31(14-12-30)29-56-35-10-5-9-34(26-35)43(33-7-3-2-4-8-33)48-45(55)57-40-28-50-23-19-32(40)20-24-50/h2-5,7-18,26,32,39-40,43,46,51-52H,6,19-25,27-29H2,1H3,(H,47,53)(H,48,55)/t39?,40?,43-/m0/s1. The Bertz CT molecular complexity index is 2190. The number of carbonyl (C=O) groups is 2. The first-order valence-corrected chi connectivity index (χ1v) is 19.7. The molecule has 8 rings (SSSR count). The van der Waals surface area contributed by atoms with Crippen molar-refractivity contribution in [3.8, 4) is 11.5 Å². The van der Waals surface area contributed by atoms with Crippen LogP contribution in [-0.4, -0.2) is 89.4 Å². The number of hydrogen-bond acceptors (Lipinski definition) is 9. The number of pyridine rings is 1. The van der Waals surface area contributed by atoms with Gasteiger partial charge < -0.3 is 40.2 Å². The Balaban J connectivity index is 0.858. The topological polar surface area (TPSA) is 156 Å². The van der Waals surface area contributed by atoms with Crippen LogP contribution < -0.4 is 20.9 Å². The van der Waals surface area contributed by atoms with Crippen LogP contribution >= 0.6 is 0 Å². The third kappa shape index (κ3) is 10.2. The number of phenolic OH excluding ortho intramolecular Hbond substituents is 1. The molecule has 4 heterocycles. The zero-order chi connectivity index (χ0) is 39.7. The average Bonchev–Trinajstić information content (AvgIpc) is 3.23. The van der Waals surface area contributed by atoms with E-state index in [9.17, 15) is 24.6 Å². The quantitative estimate of drug-likeness (QED) is 0.0825. The lowest BCUT2D eigenvalue weighted by Gasteiger charge is -2.43. The number of rotatable bonds is 16. The largest absolute Gasteiger partial charge is 0.506 e. The van der Waals surface area contributed by atoms with E-state index in [4.69, 9.17) is 9.47 Å². The zero-order valence-electron chi connectivity index (χ0n) is 32.2. The van der Waals surface area contributed by atoms with Gasteiger partial charge in [-0.3, -0.25) is 14.5 Å². The van der Waals surface area contributed by atoms with E-state index in [0.717, 1.165) is 54.7 Å². The fraction of sp³-hybridized carbons (Fsp3) is 0.356. The number of fused-ring (bicyclic) bond motifs is 4. The third-order valence-electron chi connectivity index (χ3n) is 11.1. The van der Waals surface area contributed by atoms with Gasteiger partial charge in [0.05, 0.1) is 24.1 Å². The smallest absolute Gasteiger partial charge is 0.408 e. The maximum absolute atomic E-state index is 13.2. The minimum Gasteiger partial charge on any atom is -0.506 e. The summed E-state index contributed by atoms with van der Waals surface area (Å²) in [5.41, 5.74) is 4.28. The third-order valence-corrected chi connectivity index (χ3v) is 11.1. The molecule has 3 aliphatic heterocycles. The number of ether oxygens (including phenoxy) is 2. The molecule has 0 radical (unpaired) electrons. The number of phenols is 1. The number of benzene rings is 4. The molecule has 3 aliphatic rings. The Morgan fingerprint density at radius 3 is 2.44 bits per heavy atom. The molecular weight excluding hydrogens is 723 g/mol. The molecule has 298 valence electrons. The lowest BCUT2D eigenvalue weighted by Crippen LogP contribution is -2.52. The van der Waals surface area contributed by atoms with Crippen molar-refractivity contribution in [2.75, 3.05) is 46.3 Å². The molecule has 0 saturated carbocycles. The van der Waals surface area contributed by atoms with Gasteiger partial charge in [0.15, 0.2) is 0 Å². The van der Waals surface area contributed by atoms with Crippen LogP contribution in [0.25, 0.3) is 10.9 Å². The number of nitrogens with zero attached hydrogens (tertiary/aromatic N) is 2. The number of likely N-dealkylation sites (N-methyl/N-ethyl adjacent to an activating group) is 1. The van der Waals surface area contributed by atoms with E-state index < -0.39 is 18.2 Å². The maximum atomic E-state index is 13.2. The minimum absolute atomic E-state index is 0.00891. The number of alkyl carbamates (subject to hydrolysis) is 1. The normalized spacial score (nSPS) is 18.5. The number of H-pyrrole nitrogens is 1. The second kappa shape index (κ2) is 18.5. The van der Waals surface area contributed by atoms with Crippen LogP contribution in [-0.2, 0) is 22.6 Å². The molecule has 5 N–H and O–H groups in total. The van der Waals surface area contributed by atoms with Crippen LogP contribution in [0.5, 0.6) is 11.5 Å². The van der Waals surface area contributed by atoms with Crippen molar-refractivity contribution in [2.24, 2.45) is 5.92 Å². The van der Waals surface area contributed by atoms with Crippen molar-refractivity contribution in [3.05, 3.63) is 141 Å². The van der Waals surface area contributed by atoms with Gasteiger partial charge in [0, 0.05) is 38.1 Å². The Hall–Kier alpha value is -5.69. The number of aromatic hydroxyl groups is 1. The summed E-state index contributed by atoms with van der Waals surface area (Å²) in [6.45, 7) is 4.73. The van der Waals surface area contributed by atoms with Crippen molar-refractivity contribution in [1.82, 2.24) is 25.4 Å². The van der Waals surface area contributed by atoms with Gasteiger partial charge in [0.2, 0.25) is 11.5 Å². The fourth-order valence-electron chi connectivity index (χ4n) is 7.82. The number of piperidine rings is 3. The van der Waals surface area contributed by atoms with Crippen LogP contribution in [0.1, 0.15) is 59.2 Å². The molecular formula is C45H51N5O7. The minimum atomic E-state index is -0.844. The van der Waals surface area contributed by atoms with Crippen molar-refractivity contribution in [2.45, 2.75) is 50.5 Å². The van der Waals surface area contributed by atoms with Gasteiger partial charge in [-0.1, -0.05) is 72.8 Å². The first-order chi connectivity index (χ1) is 27.7. The maximum Gasteiger partial charge on any atom is 0.408 e. The molecule has 5 aromatic rings. The number of hydrogen-bond donors (Lipinski definition) is 5. The summed E-state index contributed by atoms with van der Waals surface area (Å²) in [6, 6.07) is 31.1. The van der Waals surface area contributed by atoms with Crippen LogP contribution in [0.15, 0.2) is 108 Å². The second-order valence-corrected chi connectivity index (χ2v) is 15.1. The van der Waals surface area contributed by atoms with Gasteiger partial charge in [0.1, 0.15) is 24.2 Å². The number of carbonyl (C=O) groups excluding carboxylic acids is 2. The number of aromatic nitrogens is 1. The Labute approximate surface area is 332 Å². The van der Waals surface area contributed by atoms with E-state index in [1.54, 1.807) is 24.1 Å². The van der Waals surface area contributed by atoms with Crippen molar-refractivity contribution in [3.63, 3.8) is 0 Å². The first kappa shape index (κ1) is 39.5. The molecule has 12 nitrogen and oxygen atoms in total. The highest BCUT2D eigenvalue weighted by Gasteiger charge is 2.37. The zero-order valence-corrected chi connectivity index (χ0v) is 32.2. The predicted molar refractivity (Wildman–Crippen MR) is 218 cm³/mol. The highest BCUT2D eigenvalue weighted by atomic mass is 16.6. The summed E-state index contributed by atoms with van der Waals surface area (Å²) in [4.78, 5) is 44.6. The summed E-state index contributed by atoms with van der Waals surface area (Å²) in [6.07, 6.45) is 1.78. The van der Waals surface area contributed by atoms with Gasteiger partial charge in [0.25, 0.3) is 0 Å². The molecule has 2 amide bonds. The van der Waals surface area contributed by atoms with E-state index in [2.05, 4.69) is 20.5 Å². The lowest BCUT2D eigenvalue weighted by atomic mass is 9.86. The van der Waals surface area contributed by atoms with Gasteiger partial charge in [-0.05, 0) is 96.9 Å². The van der Waals surface area contributed by atoms with Gasteiger partial charge >= 0.3 is 6.09 Å². The molecule has 4 aromatic carbocycles. The summed E-state index contributed by atoms with van der Waals surface area (Å²) in [7, 11) is 1.79. The molecule has 2 bridgehead atoms. The van der Waals surface area contributed by atoms with Crippen molar-refractivity contribution >= 4 is 22.9 Å². The van der Waals surface area contributed by atoms with E-state index >= 15 is 0 Å². The average molecular weight is 774 g/mol. The summed E-state index contributed by atoms with van der Waals surface area (Å²) >= 11 is 0. The number of amides is 2. The Kier molecular flexibility index (Phi) is 12.8. The lowest BCUT2D eigenvalue weighted by molar-refractivity contribution is -0.129. The molecule has 2 unspecified atom stereocenters. The van der Waals surface area contributed by atoms with Crippen LogP contribution in [0.3, 0.4) is 0 Å². The van der Waals surface area contributed by atoms with E-state index in [1.165, 1.54) is 12.1 Å². The number of aliphatic hydroxyl groups is 1. The van der Waals surface area contributed by atoms with Gasteiger partial charge in [-0.15, -0.1) is 0 Å². The van der Waals surface area contributed by atoms with Crippen LogP contribution in [0, 0.1) is 5.92 Å². The van der Waals surface area contributed by atoms with Gasteiger partial charge in [-0.2, -0.15) is 0 Å². The molecule has 0 aliphatic carbocycles. The van der Waals surface area contributed by atoms with Gasteiger partial charge in [-0.25, -0.2) is 4.79 Å². The van der Waals surface area contributed by atoms with E-state index in [1.807, 2.05) is 78.9 Å². The molecule has 3 fully saturated rings. The molecule has 12 heteroatoms. The monoisotopic (exact) mass is 773 g/mol. The number of aliphatic hydroxyl groups excluding tert-OH is 1. The fourth-order valence-corrected chi connectivity index (χ4v) is 7.82. The van der Waals surface area contributed by atoms with E-state index in [0.29, 0.717) is 54.3 Å². The Morgan fingerprint density at radius 2 is 1.68 bits per heavy atom. The molecule has 0 spiro atoms. The first-order valence-electron chi connectivity index (χ1n) is 19.7. The summed E-state index contributed by atoms with van der Waals surface area (Å²) in [5, 5.41) is 27.8. The van der Waals surface area contributed by atoms with E-state index in [-0.39, 0.29) is 36.3 Å². The highest BCUT2D eigenvalue weighted by Crippen LogP contribution is 2.31. The summed E-state index contributed by atoms with van der Waals surface area (Å²) < 4.78 is 12.2. The van der Waals surface area contributed by atoms with Crippen molar-refractivity contribution < 1.29 is 29.3 Å². The molecule has 1 aromatic heterocycles. The SMILES string of the molecule is CN(CCCNCC(O)c1ccc(O)c2[nH]c(=O)ccc12)C(=O)Cc1ccc(COc2cccc([C@@H](NC(=O)OC3CN4CCC3CC4)c3ccccc3)c2)cc1.